The highest BCUT2D eigenvalue weighted by Gasteiger charge is 2.54. The van der Waals surface area contributed by atoms with E-state index >= 15 is 0 Å². The van der Waals surface area contributed by atoms with Crippen LogP contribution in [0.25, 0.3) is 0 Å². The Kier molecular flexibility index (Phi) is 7.33. The van der Waals surface area contributed by atoms with Crippen LogP contribution in [0.4, 0.5) is 0 Å². The molecule has 1 N–H and O–H groups in total. The van der Waals surface area contributed by atoms with Gasteiger partial charge in [0.05, 0.1) is 0 Å². The second kappa shape index (κ2) is 10.7. The maximum Gasteiger partial charge on any atom is 0.308 e. The summed E-state index contributed by atoms with van der Waals surface area (Å²) >= 11 is 0. The van der Waals surface area contributed by atoms with Gasteiger partial charge in [-0.25, -0.2) is 0 Å². The Labute approximate surface area is 218 Å². The first-order valence-electron chi connectivity index (χ1n) is 13.4. The minimum atomic E-state index is -0.361. The summed E-state index contributed by atoms with van der Waals surface area (Å²) in [5.41, 5.74) is 1.35. The molecular weight excluding hydrogens is 468 g/mol. The fourth-order valence-corrected chi connectivity index (χ4v) is 6.44. The number of carbonyl (C=O) groups is 3. The third kappa shape index (κ3) is 5.87. The first-order valence-corrected chi connectivity index (χ1v) is 13.4. The first-order chi connectivity index (χ1) is 17.8. The van der Waals surface area contributed by atoms with Gasteiger partial charge in [0.2, 0.25) is 0 Å². The number of likely N-dealkylation sites (tertiary alicyclic amines) is 1. The zero-order valence-electron chi connectivity index (χ0n) is 21.7. The monoisotopic (exact) mass is 504 g/mol. The van der Waals surface area contributed by atoms with Crippen LogP contribution in [-0.2, 0) is 19.7 Å². The average Bonchev–Trinajstić information content (AvgIpc) is 3.68. The van der Waals surface area contributed by atoms with Crippen molar-refractivity contribution in [2.24, 2.45) is 11.8 Å². The molecule has 1 amide bonds. The van der Waals surface area contributed by atoms with Crippen molar-refractivity contribution < 1.29 is 23.9 Å². The Morgan fingerprint density at radius 1 is 1.03 bits per heavy atom. The van der Waals surface area contributed by atoms with Gasteiger partial charge in [-0.2, -0.15) is 0 Å². The van der Waals surface area contributed by atoms with Gasteiger partial charge in [-0.1, -0.05) is 30.3 Å². The summed E-state index contributed by atoms with van der Waals surface area (Å²) < 4.78 is 11.4. The summed E-state index contributed by atoms with van der Waals surface area (Å²) in [7, 11) is 0. The lowest BCUT2D eigenvalue weighted by Gasteiger charge is -2.55. The summed E-state index contributed by atoms with van der Waals surface area (Å²) in [6.45, 7) is 5.72. The Hall–Kier alpha value is -3.19. The smallest absolute Gasteiger partial charge is 0.308 e. The van der Waals surface area contributed by atoms with E-state index in [1.54, 1.807) is 18.2 Å². The Balaban J connectivity index is 1.49. The number of hydrogen-bond donors (Lipinski definition) is 1. The normalized spacial score (nSPS) is 27.6. The zero-order valence-corrected chi connectivity index (χ0v) is 21.7. The highest BCUT2D eigenvalue weighted by molar-refractivity contribution is 5.94. The van der Waals surface area contributed by atoms with Gasteiger partial charge < -0.3 is 19.7 Å². The third-order valence-electron chi connectivity index (χ3n) is 8.19. The molecule has 2 aliphatic carbocycles. The minimum absolute atomic E-state index is 0.0707. The van der Waals surface area contributed by atoms with E-state index < -0.39 is 0 Å². The molecule has 3 aliphatic rings. The van der Waals surface area contributed by atoms with Crippen molar-refractivity contribution in [2.75, 3.05) is 19.6 Å². The summed E-state index contributed by atoms with van der Waals surface area (Å²) in [5.74, 6) is 0.565. The molecule has 3 fully saturated rings. The lowest BCUT2D eigenvalue weighted by atomic mass is 9.56. The molecule has 2 aromatic carbocycles. The zero-order chi connectivity index (χ0) is 26.0. The number of benzene rings is 2. The summed E-state index contributed by atoms with van der Waals surface area (Å²) in [4.78, 5) is 39.6. The predicted molar refractivity (Wildman–Crippen MR) is 139 cm³/mol. The van der Waals surface area contributed by atoms with E-state index in [1.807, 2.05) is 30.3 Å². The van der Waals surface area contributed by atoms with Gasteiger partial charge in [0, 0.05) is 56.3 Å². The van der Waals surface area contributed by atoms with E-state index in [-0.39, 0.29) is 41.3 Å². The van der Waals surface area contributed by atoms with Crippen molar-refractivity contribution >= 4 is 17.8 Å². The molecule has 2 aromatic rings. The second-order valence-electron chi connectivity index (χ2n) is 11.0. The molecule has 0 spiro atoms. The van der Waals surface area contributed by atoms with Crippen molar-refractivity contribution in [3.8, 4) is 5.75 Å². The molecule has 2 saturated carbocycles. The van der Waals surface area contributed by atoms with E-state index in [2.05, 4.69) is 16.3 Å². The number of piperidine rings is 1. The lowest BCUT2D eigenvalue weighted by molar-refractivity contribution is -0.157. The number of nitrogens with one attached hydrogen (secondary N) is 1. The molecule has 7 heteroatoms. The topological polar surface area (TPSA) is 84.9 Å². The van der Waals surface area contributed by atoms with Crippen LogP contribution in [-0.4, -0.2) is 54.5 Å². The first kappa shape index (κ1) is 25.5. The molecule has 1 saturated heterocycles. The van der Waals surface area contributed by atoms with Crippen LogP contribution in [0, 0.1) is 11.8 Å². The maximum absolute atomic E-state index is 13.1. The second-order valence-corrected chi connectivity index (χ2v) is 11.0. The van der Waals surface area contributed by atoms with Crippen molar-refractivity contribution in [1.29, 1.82) is 0 Å². The summed E-state index contributed by atoms with van der Waals surface area (Å²) in [6, 6.07) is 16.8. The van der Waals surface area contributed by atoms with Gasteiger partial charge in [-0.3, -0.25) is 14.4 Å². The van der Waals surface area contributed by atoms with Gasteiger partial charge in [0.25, 0.3) is 5.91 Å². The summed E-state index contributed by atoms with van der Waals surface area (Å²) in [6.07, 6.45) is 4.44. The standard InChI is InChI=1S/C30H36N2O5/c1-20(33)36-26-10-6-9-24(15-26)30-13-14-32(18-22-11-12-22)19-27(30)28(37-21(2)34)16-25(17-30)31-29(35)23-7-4-3-5-8-23/h3-10,15,22,25,27-28H,11-14,16-19H2,1-2H3,(H,31,35)/t25-,27?,28?,30?/m0/s1. The number of rotatable bonds is 7. The van der Waals surface area contributed by atoms with Crippen molar-refractivity contribution in [3.63, 3.8) is 0 Å². The SMILES string of the molecule is CC(=O)Oc1cccc(C23CCN(CC4CC4)CC2C(OC(C)=O)C[C@H](NC(=O)c2ccccc2)C3)c1. The van der Waals surface area contributed by atoms with Crippen LogP contribution in [0.2, 0.25) is 0 Å². The van der Waals surface area contributed by atoms with Gasteiger partial charge >= 0.3 is 11.9 Å². The third-order valence-corrected chi connectivity index (χ3v) is 8.19. The van der Waals surface area contributed by atoms with Crippen LogP contribution in [0.1, 0.15) is 61.9 Å². The number of amides is 1. The van der Waals surface area contributed by atoms with E-state index in [9.17, 15) is 14.4 Å². The molecule has 37 heavy (non-hydrogen) atoms. The predicted octanol–water partition coefficient (Wildman–Crippen LogP) is 4.11. The highest BCUT2D eigenvalue weighted by Crippen LogP contribution is 2.51. The van der Waals surface area contributed by atoms with E-state index in [4.69, 9.17) is 9.47 Å². The molecule has 5 rings (SSSR count). The number of carbonyl (C=O) groups excluding carboxylic acids is 3. The average molecular weight is 505 g/mol. The lowest BCUT2D eigenvalue weighted by Crippen LogP contribution is -2.61. The van der Waals surface area contributed by atoms with Crippen LogP contribution >= 0.6 is 0 Å². The molecule has 1 aliphatic heterocycles. The van der Waals surface area contributed by atoms with Crippen LogP contribution < -0.4 is 10.1 Å². The van der Waals surface area contributed by atoms with Crippen molar-refractivity contribution in [2.45, 2.75) is 63.5 Å². The van der Waals surface area contributed by atoms with Gasteiger partial charge in [-0.05, 0) is 68.0 Å². The Morgan fingerprint density at radius 3 is 2.51 bits per heavy atom. The van der Waals surface area contributed by atoms with Crippen molar-refractivity contribution in [3.05, 3.63) is 65.7 Å². The molecule has 196 valence electrons. The molecule has 0 radical (unpaired) electrons. The molecule has 3 unspecified atom stereocenters. The fourth-order valence-electron chi connectivity index (χ4n) is 6.44. The van der Waals surface area contributed by atoms with Gasteiger partial charge in [0.15, 0.2) is 0 Å². The highest BCUT2D eigenvalue weighted by atomic mass is 16.5. The molecule has 4 atom stereocenters. The molecule has 1 heterocycles. The van der Waals surface area contributed by atoms with Crippen LogP contribution in [0.5, 0.6) is 5.75 Å². The Morgan fingerprint density at radius 2 is 1.81 bits per heavy atom. The molecule has 0 aromatic heterocycles. The van der Waals surface area contributed by atoms with E-state index in [1.165, 1.54) is 26.7 Å². The van der Waals surface area contributed by atoms with Crippen molar-refractivity contribution in [1.82, 2.24) is 10.2 Å². The number of hydrogen-bond acceptors (Lipinski definition) is 6. The number of nitrogens with zero attached hydrogens (tertiary/aromatic N) is 1. The van der Waals surface area contributed by atoms with Crippen LogP contribution in [0.3, 0.4) is 0 Å². The number of fused-ring (bicyclic) bond motifs is 1. The van der Waals surface area contributed by atoms with Crippen LogP contribution in [0.15, 0.2) is 54.6 Å². The molecule has 0 bridgehead atoms. The van der Waals surface area contributed by atoms with E-state index in [0.29, 0.717) is 17.7 Å². The van der Waals surface area contributed by atoms with Gasteiger partial charge in [-0.15, -0.1) is 0 Å². The fraction of sp³-hybridized carbons (Fsp3) is 0.500. The summed E-state index contributed by atoms with van der Waals surface area (Å²) in [5, 5.41) is 3.24. The molecule has 7 nitrogen and oxygen atoms in total. The molecular formula is C30H36N2O5. The Bertz CT molecular complexity index is 1150. The largest absolute Gasteiger partial charge is 0.462 e. The minimum Gasteiger partial charge on any atom is -0.462 e. The quantitative estimate of drug-likeness (QED) is 0.451. The number of ether oxygens (including phenoxy) is 2. The number of esters is 2. The van der Waals surface area contributed by atoms with E-state index in [0.717, 1.165) is 44.0 Å². The van der Waals surface area contributed by atoms with Gasteiger partial charge in [0.1, 0.15) is 11.9 Å². The maximum atomic E-state index is 13.1.